The molecule has 2 nitrogen and oxygen atoms in total. The van der Waals surface area contributed by atoms with Gasteiger partial charge in [-0.05, 0) is 30.9 Å². The van der Waals surface area contributed by atoms with Crippen molar-refractivity contribution in [3.63, 3.8) is 0 Å². The Kier molecular flexibility index (Phi) is 12.4. The molecule has 0 saturated heterocycles. The quantitative estimate of drug-likeness (QED) is 0.524. The van der Waals surface area contributed by atoms with E-state index in [1.165, 1.54) is 69.9 Å². The Bertz CT molecular complexity index is 312. The maximum absolute atomic E-state index is 6.50. The minimum absolute atomic E-state index is 1.21. The van der Waals surface area contributed by atoms with Crippen LogP contribution in [0.5, 0.6) is 0 Å². The maximum Gasteiger partial charge on any atom is 0.0462 e. The van der Waals surface area contributed by atoms with Crippen molar-refractivity contribution in [2.24, 2.45) is 0 Å². The summed E-state index contributed by atoms with van der Waals surface area (Å²) in [7, 11) is 0. The molecule has 0 aliphatic heterocycles. The number of aryl methyl sites for hydroxylation is 2. The number of aromatic nitrogens is 1. The van der Waals surface area contributed by atoms with E-state index in [9.17, 15) is 0 Å². The highest BCUT2D eigenvalue weighted by atomic mass is 14.9. The van der Waals surface area contributed by atoms with Crippen LogP contribution in [0.25, 0.3) is 0 Å². The second kappa shape index (κ2) is 13.2. The lowest BCUT2D eigenvalue weighted by atomic mass is 10.1. The zero-order valence-electron chi connectivity index (χ0n) is 12.8. The van der Waals surface area contributed by atoms with Gasteiger partial charge in [0, 0.05) is 25.5 Å². The highest BCUT2D eigenvalue weighted by Crippen LogP contribution is 2.09. The Morgan fingerprint density at radius 1 is 0.947 bits per heavy atom. The Balaban J connectivity index is 0.00000154. The van der Waals surface area contributed by atoms with Crippen molar-refractivity contribution >= 4 is 0 Å². The Morgan fingerprint density at radius 3 is 2.26 bits per heavy atom. The molecule has 0 fully saturated rings. The maximum atomic E-state index is 6.50. The SMILES string of the molecule is C#N.CCCCCCCCn1ccc(CCCC)c1. The second-order valence-corrected chi connectivity index (χ2v) is 5.13. The molecular formula is C17H30N2. The van der Waals surface area contributed by atoms with Gasteiger partial charge in [-0.1, -0.05) is 52.4 Å². The first-order chi connectivity index (χ1) is 9.36. The van der Waals surface area contributed by atoms with Crippen LogP contribution in [0.4, 0.5) is 0 Å². The average Bonchev–Trinajstić information content (AvgIpc) is 2.90. The predicted molar refractivity (Wildman–Crippen MR) is 83.1 cm³/mol. The Labute approximate surface area is 119 Å². The average molecular weight is 262 g/mol. The first kappa shape index (κ1) is 17.8. The number of hydrogen-bond acceptors (Lipinski definition) is 1. The van der Waals surface area contributed by atoms with Crippen LogP contribution in [0, 0.1) is 11.8 Å². The molecule has 0 amide bonds. The van der Waals surface area contributed by atoms with E-state index in [0.29, 0.717) is 0 Å². The summed E-state index contributed by atoms with van der Waals surface area (Å²) >= 11 is 0. The second-order valence-electron chi connectivity index (χ2n) is 5.13. The molecule has 108 valence electrons. The molecule has 0 N–H and O–H groups in total. The van der Waals surface area contributed by atoms with Crippen LogP contribution < -0.4 is 0 Å². The van der Waals surface area contributed by atoms with Crippen LogP contribution in [0.2, 0.25) is 0 Å². The Morgan fingerprint density at radius 2 is 1.58 bits per heavy atom. The van der Waals surface area contributed by atoms with Crippen LogP contribution in [-0.2, 0) is 13.0 Å². The summed E-state index contributed by atoms with van der Waals surface area (Å²) in [6, 6.07) is 2.28. The lowest BCUT2D eigenvalue weighted by Crippen LogP contribution is -1.94. The monoisotopic (exact) mass is 262 g/mol. The van der Waals surface area contributed by atoms with Gasteiger partial charge in [-0.25, -0.2) is 5.26 Å². The third-order valence-corrected chi connectivity index (χ3v) is 3.40. The van der Waals surface area contributed by atoms with Crippen LogP contribution in [0.1, 0.15) is 70.8 Å². The molecule has 1 aromatic rings. The van der Waals surface area contributed by atoms with Gasteiger partial charge >= 0.3 is 0 Å². The highest BCUT2D eigenvalue weighted by Gasteiger charge is 1.96. The zero-order chi connectivity index (χ0) is 14.3. The lowest BCUT2D eigenvalue weighted by Gasteiger charge is -2.03. The number of unbranched alkanes of at least 4 members (excludes halogenated alkanes) is 6. The van der Waals surface area contributed by atoms with Crippen molar-refractivity contribution in [2.75, 3.05) is 0 Å². The molecule has 0 aliphatic carbocycles. The van der Waals surface area contributed by atoms with E-state index in [1.807, 2.05) is 0 Å². The van der Waals surface area contributed by atoms with Gasteiger partial charge in [0.05, 0.1) is 0 Å². The molecule has 19 heavy (non-hydrogen) atoms. The van der Waals surface area contributed by atoms with Gasteiger partial charge in [0.15, 0.2) is 0 Å². The molecular weight excluding hydrogens is 232 g/mol. The molecule has 1 heterocycles. The van der Waals surface area contributed by atoms with Crippen molar-refractivity contribution < 1.29 is 0 Å². The van der Waals surface area contributed by atoms with Gasteiger partial charge in [0.2, 0.25) is 0 Å². The van der Waals surface area contributed by atoms with Crippen molar-refractivity contribution in [1.82, 2.24) is 4.57 Å². The number of hydrogen-bond donors (Lipinski definition) is 0. The molecule has 0 atom stereocenters. The van der Waals surface area contributed by atoms with Gasteiger partial charge in [0.1, 0.15) is 0 Å². The fourth-order valence-electron chi connectivity index (χ4n) is 2.23. The minimum Gasteiger partial charge on any atom is -0.354 e. The summed E-state index contributed by atoms with van der Waals surface area (Å²) in [6.45, 7) is 9.24. The summed E-state index contributed by atoms with van der Waals surface area (Å²) in [5.74, 6) is 0. The van der Waals surface area contributed by atoms with Gasteiger partial charge in [-0.3, -0.25) is 0 Å². The first-order valence-corrected chi connectivity index (χ1v) is 7.77. The van der Waals surface area contributed by atoms with E-state index in [-0.39, 0.29) is 0 Å². The van der Waals surface area contributed by atoms with Crippen molar-refractivity contribution in [3.8, 4) is 6.57 Å². The topological polar surface area (TPSA) is 28.7 Å². The lowest BCUT2D eigenvalue weighted by molar-refractivity contribution is 0.558. The number of rotatable bonds is 10. The van der Waals surface area contributed by atoms with Crippen LogP contribution in [-0.4, -0.2) is 4.57 Å². The highest BCUT2D eigenvalue weighted by molar-refractivity contribution is 5.10. The number of nitrogens with zero attached hydrogens (tertiary/aromatic N) is 2. The molecule has 1 aromatic heterocycles. The summed E-state index contributed by atoms with van der Waals surface area (Å²) < 4.78 is 2.37. The predicted octanol–water partition coefficient (Wildman–Crippen LogP) is 5.33. The molecule has 0 bridgehead atoms. The summed E-state index contributed by atoms with van der Waals surface area (Å²) in [6.07, 6.45) is 16.8. The van der Waals surface area contributed by atoms with E-state index in [1.54, 1.807) is 0 Å². The van der Waals surface area contributed by atoms with Crippen LogP contribution >= 0.6 is 0 Å². The van der Waals surface area contributed by atoms with E-state index in [2.05, 4.69) is 43.4 Å². The smallest absolute Gasteiger partial charge is 0.0462 e. The molecule has 1 rings (SSSR count). The standard InChI is InChI=1S/C16H29N.CHN/c1-3-5-7-8-9-10-13-17-14-12-16(15-17)11-6-4-2;1-2/h12,14-15H,3-11,13H2,1-2H3;1H. The van der Waals surface area contributed by atoms with Crippen LogP contribution in [0.15, 0.2) is 18.5 Å². The van der Waals surface area contributed by atoms with E-state index >= 15 is 0 Å². The summed E-state index contributed by atoms with van der Waals surface area (Å²) in [5.41, 5.74) is 1.51. The van der Waals surface area contributed by atoms with E-state index < -0.39 is 0 Å². The number of nitriles is 1. The molecule has 0 aliphatic rings. The van der Waals surface area contributed by atoms with Gasteiger partial charge in [0.25, 0.3) is 0 Å². The Hall–Kier alpha value is -1.23. The fraction of sp³-hybridized carbons (Fsp3) is 0.706. The zero-order valence-corrected chi connectivity index (χ0v) is 12.8. The van der Waals surface area contributed by atoms with E-state index in [4.69, 9.17) is 5.26 Å². The van der Waals surface area contributed by atoms with Crippen molar-refractivity contribution in [3.05, 3.63) is 24.0 Å². The molecule has 0 aromatic carbocycles. The van der Waals surface area contributed by atoms with Gasteiger partial charge < -0.3 is 4.57 Å². The van der Waals surface area contributed by atoms with Crippen molar-refractivity contribution in [2.45, 2.75) is 78.2 Å². The molecule has 2 heteroatoms. The molecule has 0 spiro atoms. The largest absolute Gasteiger partial charge is 0.354 e. The van der Waals surface area contributed by atoms with Gasteiger partial charge in [-0.2, -0.15) is 0 Å². The van der Waals surface area contributed by atoms with Crippen molar-refractivity contribution in [1.29, 1.82) is 5.26 Å². The third kappa shape index (κ3) is 9.36. The van der Waals surface area contributed by atoms with Gasteiger partial charge in [-0.15, -0.1) is 0 Å². The molecule has 0 unspecified atom stereocenters. The summed E-state index contributed by atoms with van der Waals surface area (Å²) in [4.78, 5) is 0. The first-order valence-electron chi connectivity index (χ1n) is 7.77. The normalized spacial score (nSPS) is 9.89. The molecule has 0 saturated carbocycles. The minimum atomic E-state index is 1.21. The fourth-order valence-corrected chi connectivity index (χ4v) is 2.23. The van der Waals surface area contributed by atoms with Crippen LogP contribution in [0.3, 0.4) is 0 Å². The van der Waals surface area contributed by atoms with E-state index in [0.717, 1.165) is 0 Å². The molecule has 0 radical (unpaired) electrons. The third-order valence-electron chi connectivity index (χ3n) is 3.40. The summed E-state index contributed by atoms with van der Waals surface area (Å²) in [5, 5.41) is 6.50.